The van der Waals surface area contributed by atoms with Crippen LogP contribution in [0.2, 0.25) is 0 Å². The number of fused-ring (bicyclic) bond motifs is 1. The first-order chi connectivity index (χ1) is 22.6. The standard InChI is InChI=1S/C37H52N6O5/c1-37(2,3)48-36(47)32-21-27-20-28(16-17-30(27)39-32)38-35(46)31(40-34(45)26-14-12-24(13-15-26)22-41(4)5)19-25-10-9-11-29(18-25)43(8)33(44)23-42(6)7/h9-11,16-18,20-21,24,26,31,39H,12-15,19,22-23H2,1-8H3,(H,38,46)(H,40,45)/t24?,26?,31-/m0/s1. The van der Waals surface area contributed by atoms with Crippen LogP contribution in [-0.2, 0) is 25.5 Å². The molecule has 48 heavy (non-hydrogen) atoms. The van der Waals surface area contributed by atoms with Crippen molar-refractivity contribution in [3.63, 3.8) is 0 Å². The van der Waals surface area contributed by atoms with Crippen molar-refractivity contribution in [2.75, 3.05) is 58.5 Å². The highest BCUT2D eigenvalue weighted by Crippen LogP contribution is 2.30. The molecule has 1 aliphatic carbocycles. The van der Waals surface area contributed by atoms with Crippen LogP contribution >= 0.6 is 0 Å². The third-order valence-corrected chi connectivity index (χ3v) is 8.54. The van der Waals surface area contributed by atoms with E-state index in [-0.39, 0.29) is 36.6 Å². The number of ether oxygens (including phenoxy) is 1. The number of hydrogen-bond acceptors (Lipinski definition) is 7. The minimum absolute atomic E-state index is 0.0559. The zero-order valence-electron chi connectivity index (χ0n) is 29.7. The van der Waals surface area contributed by atoms with Crippen LogP contribution in [0.15, 0.2) is 48.5 Å². The van der Waals surface area contributed by atoms with Crippen molar-refractivity contribution in [3.05, 3.63) is 59.8 Å². The van der Waals surface area contributed by atoms with Crippen molar-refractivity contribution < 1.29 is 23.9 Å². The highest BCUT2D eigenvalue weighted by Gasteiger charge is 2.30. The van der Waals surface area contributed by atoms with Gasteiger partial charge in [0, 0.05) is 48.2 Å². The molecule has 260 valence electrons. The topological polar surface area (TPSA) is 127 Å². The number of aromatic amines is 1. The second kappa shape index (κ2) is 15.8. The van der Waals surface area contributed by atoms with Crippen LogP contribution in [0.1, 0.15) is 62.5 Å². The number of carbonyl (C=O) groups is 4. The maximum Gasteiger partial charge on any atom is 0.355 e. The van der Waals surface area contributed by atoms with Gasteiger partial charge in [-0.1, -0.05) is 12.1 Å². The van der Waals surface area contributed by atoms with Gasteiger partial charge in [0.1, 0.15) is 17.3 Å². The van der Waals surface area contributed by atoms with Gasteiger partial charge in [-0.3, -0.25) is 14.4 Å². The first-order valence-electron chi connectivity index (χ1n) is 16.7. The predicted octanol–water partition coefficient (Wildman–Crippen LogP) is 4.68. The first kappa shape index (κ1) is 36.6. The zero-order chi connectivity index (χ0) is 35.2. The lowest BCUT2D eigenvalue weighted by Crippen LogP contribution is -2.48. The number of esters is 1. The molecule has 2 aromatic carbocycles. The Labute approximate surface area is 284 Å². The van der Waals surface area contributed by atoms with Crippen LogP contribution in [0.4, 0.5) is 11.4 Å². The van der Waals surface area contributed by atoms with Crippen molar-refractivity contribution >= 4 is 46.0 Å². The molecule has 1 aliphatic rings. The van der Waals surface area contributed by atoms with Crippen LogP contribution in [0, 0.1) is 11.8 Å². The number of rotatable bonds is 12. The Morgan fingerprint density at radius 2 is 1.62 bits per heavy atom. The molecular weight excluding hydrogens is 608 g/mol. The quantitative estimate of drug-likeness (QED) is 0.241. The number of benzene rings is 2. The summed E-state index contributed by atoms with van der Waals surface area (Å²) < 4.78 is 5.49. The number of H-pyrrole nitrogens is 1. The lowest BCUT2D eigenvalue weighted by Gasteiger charge is -2.30. The molecule has 4 rings (SSSR count). The van der Waals surface area contributed by atoms with Crippen molar-refractivity contribution in [2.45, 2.75) is 64.5 Å². The average Bonchev–Trinajstić information content (AvgIpc) is 3.43. The molecule has 11 heteroatoms. The van der Waals surface area contributed by atoms with E-state index in [4.69, 9.17) is 4.74 Å². The minimum atomic E-state index is -0.853. The fourth-order valence-corrected chi connectivity index (χ4v) is 6.15. The van der Waals surface area contributed by atoms with Gasteiger partial charge in [0.05, 0.1) is 6.54 Å². The maximum atomic E-state index is 13.9. The Kier molecular flexibility index (Phi) is 12.0. The smallest absolute Gasteiger partial charge is 0.355 e. The number of hydrogen-bond donors (Lipinski definition) is 3. The summed E-state index contributed by atoms with van der Waals surface area (Å²) in [5, 5.41) is 6.79. The number of amides is 3. The minimum Gasteiger partial charge on any atom is -0.455 e. The van der Waals surface area contributed by atoms with E-state index in [0.717, 1.165) is 48.7 Å². The molecule has 0 saturated heterocycles. The van der Waals surface area contributed by atoms with Crippen LogP contribution in [-0.4, -0.2) is 98.4 Å². The van der Waals surface area contributed by atoms with Crippen molar-refractivity contribution in [1.29, 1.82) is 0 Å². The molecule has 0 unspecified atom stereocenters. The van der Waals surface area contributed by atoms with E-state index in [1.165, 1.54) is 0 Å². The number of likely N-dealkylation sites (N-methyl/N-ethyl adjacent to an activating group) is 2. The first-order valence-corrected chi connectivity index (χ1v) is 16.7. The van der Waals surface area contributed by atoms with E-state index in [2.05, 4.69) is 34.6 Å². The molecule has 0 aliphatic heterocycles. The fraction of sp³-hybridized carbons (Fsp3) is 0.514. The Balaban J connectivity index is 1.53. The summed E-state index contributed by atoms with van der Waals surface area (Å²) in [6.07, 6.45) is 3.77. The van der Waals surface area contributed by atoms with Crippen LogP contribution < -0.4 is 15.5 Å². The molecule has 11 nitrogen and oxygen atoms in total. The van der Waals surface area contributed by atoms with E-state index in [1.54, 1.807) is 36.2 Å². The summed E-state index contributed by atoms with van der Waals surface area (Å²) in [7, 11) is 9.56. The van der Waals surface area contributed by atoms with Crippen molar-refractivity contribution in [3.8, 4) is 0 Å². The molecule has 0 radical (unpaired) electrons. The van der Waals surface area contributed by atoms with Crippen molar-refractivity contribution in [2.24, 2.45) is 11.8 Å². The molecule has 3 amide bonds. The number of anilines is 2. The molecular formula is C37H52N6O5. The third kappa shape index (κ3) is 10.4. The zero-order valence-corrected chi connectivity index (χ0v) is 29.7. The number of carbonyl (C=O) groups excluding carboxylic acids is 4. The van der Waals surface area contributed by atoms with Crippen LogP contribution in [0.3, 0.4) is 0 Å². The number of aromatic nitrogens is 1. The van der Waals surface area contributed by atoms with Gasteiger partial charge in [0.25, 0.3) is 0 Å². The lowest BCUT2D eigenvalue weighted by molar-refractivity contribution is -0.130. The maximum absolute atomic E-state index is 13.9. The molecule has 1 heterocycles. The van der Waals surface area contributed by atoms with E-state index in [0.29, 0.717) is 23.0 Å². The molecule has 1 saturated carbocycles. The SMILES string of the molecule is CN(C)CC(=O)N(C)c1cccc(C[C@H](NC(=O)C2CCC(CN(C)C)CC2)C(=O)Nc2ccc3[nH]c(C(=O)OC(C)(C)C)cc3c2)c1. The van der Waals surface area contributed by atoms with E-state index < -0.39 is 17.6 Å². The van der Waals surface area contributed by atoms with Crippen molar-refractivity contribution in [1.82, 2.24) is 20.1 Å². The van der Waals surface area contributed by atoms with Crippen LogP contribution in [0.5, 0.6) is 0 Å². The monoisotopic (exact) mass is 660 g/mol. The molecule has 0 bridgehead atoms. The molecule has 3 aromatic rings. The van der Waals surface area contributed by atoms with E-state index in [9.17, 15) is 19.2 Å². The predicted molar refractivity (Wildman–Crippen MR) is 190 cm³/mol. The summed E-state index contributed by atoms with van der Waals surface area (Å²) >= 11 is 0. The van der Waals surface area contributed by atoms with Gasteiger partial charge in [-0.05, 0) is 123 Å². The van der Waals surface area contributed by atoms with E-state index >= 15 is 0 Å². The highest BCUT2D eigenvalue weighted by atomic mass is 16.6. The Morgan fingerprint density at radius 1 is 0.917 bits per heavy atom. The molecule has 1 fully saturated rings. The summed E-state index contributed by atoms with van der Waals surface area (Å²) in [6.45, 7) is 6.71. The Morgan fingerprint density at radius 3 is 2.27 bits per heavy atom. The molecule has 0 spiro atoms. The number of nitrogens with one attached hydrogen (secondary N) is 3. The van der Waals surface area contributed by atoms with E-state index in [1.807, 2.05) is 64.0 Å². The second-order valence-corrected chi connectivity index (χ2v) is 14.6. The summed E-state index contributed by atoms with van der Waals surface area (Å²) in [5.74, 6) is -0.566. The molecule has 1 aromatic heterocycles. The van der Waals surface area contributed by atoms with Gasteiger partial charge in [-0.25, -0.2) is 4.79 Å². The Hall–Kier alpha value is -4.22. The Bertz CT molecular complexity index is 1600. The van der Waals surface area contributed by atoms with Gasteiger partial charge < -0.3 is 35.1 Å². The summed E-state index contributed by atoms with van der Waals surface area (Å²) in [5.41, 5.74) is 2.48. The van der Waals surface area contributed by atoms with Gasteiger partial charge in [0.15, 0.2) is 0 Å². The molecule has 1 atom stereocenters. The fourth-order valence-electron chi connectivity index (χ4n) is 6.15. The largest absolute Gasteiger partial charge is 0.455 e. The van der Waals surface area contributed by atoms with Gasteiger partial charge >= 0.3 is 5.97 Å². The van der Waals surface area contributed by atoms with Crippen LogP contribution in [0.25, 0.3) is 10.9 Å². The molecule has 3 N–H and O–H groups in total. The van der Waals surface area contributed by atoms with Gasteiger partial charge in [0.2, 0.25) is 17.7 Å². The lowest BCUT2D eigenvalue weighted by atomic mass is 9.81. The van der Waals surface area contributed by atoms with Gasteiger partial charge in [-0.2, -0.15) is 0 Å². The normalized spacial score (nSPS) is 17.3. The average molecular weight is 661 g/mol. The summed E-state index contributed by atoms with van der Waals surface area (Å²) in [4.78, 5) is 61.5. The number of nitrogens with zero attached hydrogens (tertiary/aromatic N) is 3. The summed E-state index contributed by atoms with van der Waals surface area (Å²) in [6, 6.07) is 13.7. The van der Waals surface area contributed by atoms with Gasteiger partial charge in [-0.15, -0.1) is 0 Å². The second-order valence-electron chi connectivity index (χ2n) is 14.6. The highest BCUT2D eigenvalue weighted by molar-refractivity contribution is 6.01. The third-order valence-electron chi connectivity index (χ3n) is 8.54.